The zero-order chi connectivity index (χ0) is 17.5. The third-order valence-electron chi connectivity index (χ3n) is 4.21. The molecule has 0 bridgehead atoms. The maximum Gasteiger partial charge on any atom is 0.231 e. The Bertz CT molecular complexity index is 1110. The van der Waals surface area contributed by atoms with Crippen LogP contribution in [0.2, 0.25) is 0 Å². The molecule has 1 aliphatic heterocycles. The summed E-state index contributed by atoms with van der Waals surface area (Å²) in [6.45, 7) is 0.235. The molecule has 2 aromatic carbocycles. The zero-order valence-electron chi connectivity index (χ0n) is 13.6. The lowest BCUT2D eigenvalue weighted by molar-refractivity contribution is 0.174. The predicted molar refractivity (Wildman–Crippen MR) is 95.9 cm³/mol. The van der Waals surface area contributed by atoms with Gasteiger partial charge in [-0.2, -0.15) is 0 Å². The van der Waals surface area contributed by atoms with Crippen molar-refractivity contribution in [2.24, 2.45) is 0 Å². The van der Waals surface area contributed by atoms with Gasteiger partial charge in [-0.3, -0.25) is 9.38 Å². The minimum Gasteiger partial charge on any atom is -0.508 e. The van der Waals surface area contributed by atoms with E-state index in [4.69, 9.17) is 9.47 Å². The van der Waals surface area contributed by atoms with E-state index in [2.05, 4.69) is 15.3 Å². The molecule has 1 aliphatic rings. The lowest BCUT2D eigenvalue weighted by atomic mass is 10.1. The molecule has 2 N–H and O–H groups in total. The first-order chi connectivity index (χ1) is 12.8. The van der Waals surface area contributed by atoms with Crippen LogP contribution in [0.15, 0.2) is 61.1 Å². The Morgan fingerprint density at radius 3 is 2.77 bits per heavy atom. The van der Waals surface area contributed by atoms with Crippen LogP contribution in [-0.2, 0) is 0 Å². The van der Waals surface area contributed by atoms with Gasteiger partial charge >= 0.3 is 0 Å². The van der Waals surface area contributed by atoms with E-state index in [1.165, 1.54) is 0 Å². The molecule has 0 radical (unpaired) electrons. The molecule has 7 nitrogen and oxygen atoms in total. The number of nitrogens with one attached hydrogen (secondary N) is 1. The summed E-state index contributed by atoms with van der Waals surface area (Å²) in [6, 6.07) is 12.6. The number of anilines is 2. The minimum atomic E-state index is 0.212. The SMILES string of the molecule is Oc1ccc(-c2nc3cnccn3c2Nc2ccc3c(c2)OCO3)cc1. The van der Waals surface area contributed by atoms with Gasteiger partial charge in [0.2, 0.25) is 6.79 Å². The zero-order valence-corrected chi connectivity index (χ0v) is 13.6. The highest BCUT2D eigenvalue weighted by atomic mass is 16.7. The fraction of sp³-hybridized carbons (Fsp3) is 0.0526. The number of rotatable bonds is 3. The second-order valence-corrected chi connectivity index (χ2v) is 5.85. The average molecular weight is 346 g/mol. The number of phenolic OH excluding ortho intramolecular Hbond substituents is 1. The Balaban J connectivity index is 1.63. The van der Waals surface area contributed by atoms with Crippen LogP contribution in [0.4, 0.5) is 11.5 Å². The van der Waals surface area contributed by atoms with Gasteiger partial charge in [-0.05, 0) is 36.4 Å². The smallest absolute Gasteiger partial charge is 0.231 e. The monoisotopic (exact) mass is 346 g/mol. The van der Waals surface area contributed by atoms with Crippen LogP contribution < -0.4 is 14.8 Å². The molecule has 5 rings (SSSR count). The summed E-state index contributed by atoms with van der Waals surface area (Å²) in [6.07, 6.45) is 5.26. The molecule has 26 heavy (non-hydrogen) atoms. The molecule has 0 fully saturated rings. The summed E-state index contributed by atoms with van der Waals surface area (Å²) < 4.78 is 12.7. The normalized spacial score (nSPS) is 12.5. The summed E-state index contributed by atoms with van der Waals surface area (Å²) in [5, 5.41) is 13.0. The van der Waals surface area contributed by atoms with Crippen molar-refractivity contribution >= 4 is 17.2 Å². The maximum atomic E-state index is 9.56. The maximum absolute atomic E-state index is 9.56. The number of ether oxygens (including phenoxy) is 2. The molecule has 0 aliphatic carbocycles. The van der Waals surface area contributed by atoms with Crippen LogP contribution in [-0.4, -0.2) is 26.3 Å². The van der Waals surface area contributed by atoms with Crippen LogP contribution in [0.3, 0.4) is 0 Å². The van der Waals surface area contributed by atoms with Crippen molar-refractivity contribution in [3.8, 4) is 28.5 Å². The minimum absolute atomic E-state index is 0.212. The molecular formula is C19H14N4O3. The first-order valence-electron chi connectivity index (χ1n) is 8.06. The Morgan fingerprint density at radius 1 is 1.04 bits per heavy atom. The molecule has 4 aromatic rings. The molecule has 0 spiro atoms. The van der Waals surface area contributed by atoms with Gasteiger partial charge in [0.05, 0.1) is 6.20 Å². The van der Waals surface area contributed by atoms with Crippen LogP contribution in [0.25, 0.3) is 16.9 Å². The number of benzene rings is 2. The number of nitrogens with zero attached hydrogens (tertiary/aromatic N) is 3. The molecule has 3 heterocycles. The van der Waals surface area contributed by atoms with Gasteiger partial charge in [-0.1, -0.05) is 0 Å². The van der Waals surface area contributed by atoms with Gasteiger partial charge < -0.3 is 19.9 Å². The number of aromatic nitrogens is 3. The molecule has 7 heteroatoms. The molecule has 0 unspecified atom stereocenters. The van der Waals surface area contributed by atoms with Crippen molar-refractivity contribution in [3.63, 3.8) is 0 Å². The molecule has 0 amide bonds. The van der Waals surface area contributed by atoms with E-state index >= 15 is 0 Å². The highest BCUT2D eigenvalue weighted by Crippen LogP contribution is 2.37. The van der Waals surface area contributed by atoms with E-state index in [9.17, 15) is 5.11 Å². The summed E-state index contributed by atoms with van der Waals surface area (Å²) in [5.74, 6) is 2.45. The van der Waals surface area contributed by atoms with Crippen LogP contribution in [0, 0.1) is 0 Å². The number of phenols is 1. The standard InChI is InChI=1S/C19H14N4O3/c24-14-4-1-12(2-5-14)18-19(23-8-7-20-10-17(23)22-18)21-13-3-6-15-16(9-13)26-11-25-15/h1-10,21,24H,11H2. The van der Waals surface area contributed by atoms with Gasteiger partial charge in [-0.25, -0.2) is 4.98 Å². The molecule has 128 valence electrons. The highest BCUT2D eigenvalue weighted by Gasteiger charge is 2.17. The van der Waals surface area contributed by atoms with Crippen molar-refractivity contribution < 1.29 is 14.6 Å². The van der Waals surface area contributed by atoms with Crippen molar-refractivity contribution in [1.29, 1.82) is 0 Å². The van der Waals surface area contributed by atoms with E-state index in [0.29, 0.717) is 5.75 Å². The first-order valence-corrected chi connectivity index (χ1v) is 8.06. The van der Waals surface area contributed by atoms with Gasteiger partial charge in [0.1, 0.15) is 17.3 Å². The van der Waals surface area contributed by atoms with E-state index in [-0.39, 0.29) is 12.5 Å². The van der Waals surface area contributed by atoms with Gasteiger partial charge in [-0.15, -0.1) is 0 Å². The van der Waals surface area contributed by atoms with Crippen molar-refractivity contribution in [1.82, 2.24) is 14.4 Å². The third-order valence-corrected chi connectivity index (χ3v) is 4.21. The average Bonchev–Trinajstić information content (AvgIpc) is 3.27. The predicted octanol–water partition coefficient (Wildman–Crippen LogP) is 3.57. The van der Waals surface area contributed by atoms with Gasteiger partial charge in [0.25, 0.3) is 0 Å². The molecule has 0 atom stereocenters. The Labute approximate surface area is 148 Å². The summed E-state index contributed by atoms with van der Waals surface area (Å²) in [4.78, 5) is 8.82. The summed E-state index contributed by atoms with van der Waals surface area (Å²) in [7, 11) is 0. The summed E-state index contributed by atoms with van der Waals surface area (Å²) >= 11 is 0. The second kappa shape index (κ2) is 5.66. The Morgan fingerprint density at radius 2 is 1.88 bits per heavy atom. The van der Waals surface area contributed by atoms with Crippen LogP contribution in [0.5, 0.6) is 17.2 Å². The second-order valence-electron chi connectivity index (χ2n) is 5.85. The largest absolute Gasteiger partial charge is 0.508 e. The van der Waals surface area contributed by atoms with Crippen molar-refractivity contribution in [2.75, 3.05) is 12.1 Å². The fourth-order valence-electron chi connectivity index (χ4n) is 2.96. The van der Waals surface area contributed by atoms with Crippen molar-refractivity contribution in [3.05, 3.63) is 61.1 Å². The number of hydrogen-bond donors (Lipinski definition) is 2. The third kappa shape index (κ3) is 2.37. The van der Waals surface area contributed by atoms with Gasteiger partial charge in [0, 0.05) is 29.7 Å². The first kappa shape index (κ1) is 14.6. The van der Waals surface area contributed by atoms with Crippen LogP contribution in [0.1, 0.15) is 0 Å². The Kier molecular flexibility index (Phi) is 3.18. The van der Waals surface area contributed by atoms with E-state index < -0.39 is 0 Å². The molecular weight excluding hydrogens is 332 g/mol. The number of aromatic hydroxyl groups is 1. The number of fused-ring (bicyclic) bond motifs is 2. The van der Waals surface area contributed by atoms with Crippen molar-refractivity contribution in [2.45, 2.75) is 0 Å². The number of imidazole rings is 1. The fourth-order valence-corrected chi connectivity index (χ4v) is 2.96. The van der Waals surface area contributed by atoms with E-state index in [1.54, 1.807) is 24.5 Å². The lowest BCUT2D eigenvalue weighted by Gasteiger charge is -2.09. The van der Waals surface area contributed by atoms with E-state index in [1.807, 2.05) is 40.9 Å². The highest BCUT2D eigenvalue weighted by molar-refractivity contribution is 5.80. The Hall–Kier alpha value is -3.74. The molecule has 2 aromatic heterocycles. The molecule has 0 saturated carbocycles. The quantitative estimate of drug-likeness (QED) is 0.590. The summed E-state index contributed by atoms with van der Waals surface area (Å²) in [5.41, 5.74) is 3.22. The van der Waals surface area contributed by atoms with Crippen LogP contribution >= 0.6 is 0 Å². The van der Waals surface area contributed by atoms with E-state index in [0.717, 1.165) is 34.2 Å². The number of hydrogen-bond acceptors (Lipinski definition) is 6. The van der Waals surface area contributed by atoms with Gasteiger partial charge in [0.15, 0.2) is 17.1 Å². The topological polar surface area (TPSA) is 80.9 Å². The lowest BCUT2D eigenvalue weighted by Crippen LogP contribution is -1.97. The molecule has 0 saturated heterocycles.